The number of hydrogen-bond acceptors (Lipinski definition) is 2. The molecule has 1 fully saturated rings. The number of carboxylic acids is 1. The molecule has 0 heterocycles. The van der Waals surface area contributed by atoms with E-state index in [0.29, 0.717) is 29.5 Å². The van der Waals surface area contributed by atoms with Crippen LogP contribution in [0.25, 0.3) is 11.1 Å². The van der Waals surface area contributed by atoms with Gasteiger partial charge in [0.05, 0.1) is 5.41 Å². The van der Waals surface area contributed by atoms with E-state index in [1.165, 1.54) is 18.2 Å². The van der Waals surface area contributed by atoms with Crippen LogP contribution in [-0.4, -0.2) is 17.4 Å². The maximum atomic E-state index is 12.3. The zero-order valence-electron chi connectivity index (χ0n) is 11.9. The first-order chi connectivity index (χ1) is 10.8. The van der Waals surface area contributed by atoms with Crippen LogP contribution < -0.4 is 4.74 Å². The van der Waals surface area contributed by atoms with E-state index >= 15 is 0 Å². The van der Waals surface area contributed by atoms with E-state index in [1.807, 2.05) is 0 Å². The minimum absolute atomic E-state index is 0.306. The number of alkyl halides is 3. The first-order valence-corrected chi connectivity index (χ1v) is 7.00. The second kappa shape index (κ2) is 5.30. The number of hydrogen-bond donors (Lipinski definition) is 1. The summed E-state index contributed by atoms with van der Waals surface area (Å²) in [5.74, 6) is -1.18. The van der Waals surface area contributed by atoms with Crippen molar-refractivity contribution in [3.8, 4) is 16.9 Å². The summed E-state index contributed by atoms with van der Waals surface area (Å²) in [5, 5.41) is 9.35. The maximum absolute atomic E-state index is 12.3. The fourth-order valence-corrected chi connectivity index (χ4v) is 2.62. The van der Waals surface area contributed by atoms with Crippen LogP contribution in [0.15, 0.2) is 48.5 Å². The van der Waals surface area contributed by atoms with Crippen molar-refractivity contribution < 1.29 is 27.8 Å². The molecule has 0 aromatic heterocycles. The third-order valence-corrected chi connectivity index (χ3v) is 3.98. The van der Waals surface area contributed by atoms with Gasteiger partial charge in [-0.2, -0.15) is 0 Å². The van der Waals surface area contributed by atoms with Crippen LogP contribution in [0.1, 0.15) is 18.4 Å². The Bertz CT molecular complexity index is 749. The normalized spacial score (nSPS) is 16.0. The van der Waals surface area contributed by atoms with Crippen LogP contribution in [0.4, 0.5) is 13.2 Å². The second-order valence-electron chi connectivity index (χ2n) is 5.54. The molecule has 0 unspecified atom stereocenters. The Morgan fingerprint density at radius 3 is 2.22 bits per heavy atom. The van der Waals surface area contributed by atoms with Crippen LogP contribution in [0.2, 0.25) is 0 Å². The molecule has 0 spiro atoms. The lowest BCUT2D eigenvalue weighted by molar-refractivity contribution is -0.274. The van der Waals surface area contributed by atoms with Crippen LogP contribution >= 0.6 is 0 Å². The van der Waals surface area contributed by atoms with Gasteiger partial charge in [-0.05, 0) is 41.7 Å². The van der Waals surface area contributed by atoms with Crippen molar-refractivity contribution in [1.29, 1.82) is 0 Å². The summed E-state index contributed by atoms with van der Waals surface area (Å²) in [6, 6.07) is 12.5. The van der Waals surface area contributed by atoms with Gasteiger partial charge in [0.15, 0.2) is 0 Å². The molecule has 1 aliphatic carbocycles. The highest BCUT2D eigenvalue weighted by atomic mass is 19.4. The lowest BCUT2D eigenvalue weighted by atomic mass is 9.92. The predicted octanol–water partition coefficient (Wildman–Crippen LogP) is 4.37. The van der Waals surface area contributed by atoms with E-state index in [4.69, 9.17) is 0 Å². The predicted molar refractivity (Wildman–Crippen MR) is 77.1 cm³/mol. The molecule has 3 rings (SSSR count). The third kappa shape index (κ3) is 3.16. The molecule has 1 aliphatic rings. The molecule has 0 saturated heterocycles. The molecule has 0 amide bonds. The zero-order chi connectivity index (χ0) is 16.7. The molecule has 0 aliphatic heterocycles. The molecule has 3 nitrogen and oxygen atoms in total. The summed E-state index contributed by atoms with van der Waals surface area (Å²) in [6.07, 6.45) is -3.60. The van der Waals surface area contributed by atoms with Gasteiger partial charge in [0.1, 0.15) is 5.75 Å². The first kappa shape index (κ1) is 15.4. The zero-order valence-corrected chi connectivity index (χ0v) is 11.9. The highest BCUT2D eigenvalue weighted by Gasteiger charge is 2.51. The first-order valence-electron chi connectivity index (χ1n) is 7.00. The highest BCUT2D eigenvalue weighted by molar-refractivity contribution is 5.85. The number of ether oxygens (including phenoxy) is 1. The molecule has 23 heavy (non-hydrogen) atoms. The Kier molecular flexibility index (Phi) is 3.55. The minimum atomic E-state index is -4.75. The minimum Gasteiger partial charge on any atom is -0.481 e. The molecular weight excluding hydrogens is 309 g/mol. The van der Waals surface area contributed by atoms with Gasteiger partial charge in [-0.25, -0.2) is 0 Å². The van der Waals surface area contributed by atoms with Crippen LogP contribution in [0.3, 0.4) is 0 Å². The van der Waals surface area contributed by atoms with E-state index in [2.05, 4.69) is 4.74 Å². The van der Waals surface area contributed by atoms with Gasteiger partial charge in [0.25, 0.3) is 0 Å². The highest BCUT2D eigenvalue weighted by Crippen LogP contribution is 2.49. The van der Waals surface area contributed by atoms with Gasteiger partial charge in [-0.3, -0.25) is 4.79 Å². The Morgan fingerprint density at radius 1 is 1.04 bits per heavy atom. The monoisotopic (exact) mass is 322 g/mol. The molecular formula is C17H13F3O3. The number of halogens is 3. The van der Waals surface area contributed by atoms with E-state index in [1.54, 1.807) is 30.3 Å². The Hall–Kier alpha value is -2.50. The van der Waals surface area contributed by atoms with Gasteiger partial charge in [-0.1, -0.05) is 36.4 Å². The van der Waals surface area contributed by atoms with Crippen molar-refractivity contribution in [2.45, 2.75) is 24.6 Å². The van der Waals surface area contributed by atoms with Gasteiger partial charge in [0, 0.05) is 0 Å². The van der Waals surface area contributed by atoms with E-state index in [-0.39, 0.29) is 5.75 Å². The Morgan fingerprint density at radius 2 is 1.65 bits per heavy atom. The smallest absolute Gasteiger partial charge is 0.481 e. The average molecular weight is 322 g/mol. The van der Waals surface area contributed by atoms with Crippen molar-refractivity contribution >= 4 is 5.97 Å². The quantitative estimate of drug-likeness (QED) is 0.909. The summed E-state index contributed by atoms with van der Waals surface area (Å²) >= 11 is 0. The average Bonchev–Trinajstić information content (AvgIpc) is 3.28. The molecule has 1 N–H and O–H groups in total. The number of rotatable bonds is 4. The molecule has 120 valence electrons. The molecule has 1 saturated carbocycles. The van der Waals surface area contributed by atoms with Crippen LogP contribution in [0, 0.1) is 0 Å². The second-order valence-corrected chi connectivity index (χ2v) is 5.54. The summed E-state index contributed by atoms with van der Waals surface area (Å²) in [5.41, 5.74) is 1.01. The van der Waals surface area contributed by atoms with Gasteiger partial charge in [-0.15, -0.1) is 13.2 Å². The van der Waals surface area contributed by atoms with Crippen molar-refractivity contribution in [2.75, 3.05) is 0 Å². The topological polar surface area (TPSA) is 46.5 Å². The van der Waals surface area contributed by atoms with Crippen molar-refractivity contribution in [2.24, 2.45) is 0 Å². The number of carbonyl (C=O) groups is 1. The van der Waals surface area contributed by atoms with Crippen molar-refractivity contribution in [3.63, 3.8) is 0 Å². The van der Waals surface area contributed by atoms with E-state index in [0.717, 1.165) is 0 Å². The lowest BCUT2D eigenvalue weighted by Crippen LogP contribution is -2.19. The Labute approximate surface area is 130 Å². The number of carboxylic acid groups (broad SMARTS) is 1. The molecule has 2 aromatic rings. The summed E-state index contributed by atoms with van der Waals surface area (Å²) in [4.78, 5) is 11.4. The number of aliphatic carboxylic acids is 1. The fraction of sp³-hybridized carbons (Fsp3) is 0.235. The largest absolute Gasteiger partial charge is 0.573 e. The third-order valence-electron chi connectivity index (χ3n) is 3.98. The molecule has 0 radical (unpaired) electrons. The molecule has 2 aromatic carbocycles. The maximum Gasteiger partial charge on any atom is 0.573 e. The van der Waals surface area contributed by atoms with E-state index in [9.17, 15) is 23.1 Å². The fourth-order valence-electron chi connectivity index (χ4n) is 2.62. The van der Waals surface area contributed by atoms with Gasteiger partial charge < -0.3 is 9.84 Å². The molecule has 0 bridgehead atoms. The van der Waals surface area contributed by atoms with Crippen molar-refractivity contribution in [3.05, 3.63) is 54.1 Å². The van der Waals surface area contributed by atoms with Crippen LogP contribution in [-0.2, 0) is 10.2 Å². The Balaban J connectivity index is 1.94. The van der Waals surface area contributed by atoms with E-state index < -0.39 is 17.7 Å². The number of benzene rings is 2. The molecule has 0 atom stereocenters. The SMILES string of the molecule is O=C(O)C1(c2cccc(-c3cccc(OC(F)(F)F)c3)c2)CC1. The van der Waals surface area contributed by atoms with Crippen LogP contribution in [0.5, 0.6) is 5.75 Å². The summed E-state index contributed by atoms with van der Waals surface area (Å²) in [7, 11) is 0. The summed E-state index contributed by atoms with van der Waals surface area (Å²) in [6.45, 7) is 0. The lowest BCUT2D eigenvalue weighted by Gasteiger charge is -2.13. The van der Waals surface area contributed by atoms with Crippen molar-refractivity contribution in [1.82, 2.24) is 0 Å². The van der Waals surface area contributed by atoms with Gasteiger partial charge >= 0.3 is 12.3 Å². The standard InChI is InChI=1S/C17H13F3O3/c18-17(19,20)23-14-6-2-4-12(10-14)11-3-1-5-13(9-11)16(7-8-16)15(21)22/h1-6,9-10H,7-8H2,(H,21,22). The van der Waals surface area contributed by atoms with Gasteiger partial charge in [0.2, 0.25) is 0 Å². The molecule has 6 heteroatoms. The summed E-state index contributed by atoms with van der Waals surface area (Å²) < 4.78 is 40.8.